The molecule has 2 atom stereocenters. The van der Waals surface area contributed by atoms with Gasteiger partial charge in [-0.05, 0) is 19.8 Å². The molecule has 7 heteroatoms. The molecule has 0 aliphatic carbocycles. The molecule has 1 aliphatic rings. The van der Waals surface area contributed by atoms with Crippen LogP contribution in [0.5, 0.6) is 0 Å². The predicted octanol–water partition coefficient (Wildman–Crippen LogP) is 2.78. The second-order valence-electron chi connectivity index (χ2n) is 5.93. The van der Waals surface area contributed by atoms with Gasteiger partial charge < -0.3 is 19.3 Å². The zero-order chi connectivity index (χ0) is 17.6. The third-order valence-corrected chi connectivity index (χ3v) is 3.89. The van der Waals surface area contributed by atoms with Crippen LogP contribution in [-0.2, 0) is 19.1 Å². The van der Waals surface area contributed by atoms with Crippen LogP contribution in [0.15, 0.2) is 40.9 Å². The van der Waals surface area contributed by atoms with E-state index in [1.807, 2.05) is 6.07 Å². The highest BCUT2D eigenvalue weighted by Crippen LogP contribution is 2.23. The molecule has 0 saturated carbocycles. The van der Waals surface area contributed by atoms with Gasteiger partial charge in [-0.1, -0.05) is 35.5 Å². The first kappa shape index (κ1) is 17.2. The minimum absolute atomic E-state index is 0.134. The normalized spacial score (nSPS) is 17.9. The van der Waals surface area contributed by atoms with Crippen molar-refractivity contribution in [2.24, 2.45) is 0 Å². The van der Waals surface area contributed by atoms with Crippen LogP contribution in [0.4, 0.5) is 5.82 Å². The zero-order valence-corrected chi connectivity index (χ0v) is 13.9. The van der Waals surface area contributed by atoms with Gasteiger partial charge in [0.25, 0.3) is 5.91 Å². The van der Waals surface area contributed by atoms with Gasteiger partial charge in [-0.3, -0.25) is 9.59 Å². The van der Waals surface area contributed by atoms with Crippen LogP contribution < -0.4 is 5.32 Å². The Kier molecular flexibility index (Phi) is 5.45. The maximum Gasteiger partial charge on any atom is 0.309 e. The number of esters is 1. The number of ether oxygens (including phenoxy) is 2. The Morgan fingerprint density at radius 1 is 1.36 bits per heavy atom. The summed E-state index contributed by atoms with van der Waals surface area (Å²) in [5.41, 5.74) is 0.584. The van der Waals surface area contributed by atoms with E-state index in [4.69, 9.17) is 14.0 Å². The highest BCUT2D eigenvalue weighted by molar-refractivity contribution is 5.95. The average Bonchev–Trinajstić information content (AvgIpc) is 3.25. The summed E-state index contributed by atoms with van der Waals surface area (Å²) in [4.78, 5) is 24.8. The highest BCUT2D eigenvalue weighted by atomic mass is 16.6. The number of aryl methyl sites for hydroxylation is 1. The van der Waals surface area contributed by atoms with E-state index in [1.54, 1.807) is 37.3 Å². The van der Waals surface area contributed by atoms with Crippen molar-refractivity contribution in [1.29, 1.82) is 0 Å². The third kappa shape index (κ3) is 4.67. The monoisotopic (exact) mass is 344 g/mol. The molecule has 1 fully saturated rings. The Labute approximate surface area is 145 Å². The number of rotatable bonds is 6. The molecule has 2 aromatic rings. The van der Waals surface area contributed by atoms with Crippen LogP contribution in [0.3, 0.4) is 0 Å². The van der Waals surface area contributed by atoms with Gasteiger partial charge in [0.05, 0.1) is 12.5 Å². The molecule has 3 rings (SSSR count). The maximum absolute atomic E-state index is 12.6. The van der Waals surface area contributed by atoms with E-state index in [0.29, 0.717) is 17.9 Å². The first-order valence-corrected chi connectivity index (χ1v) is 8.22. The number of nitrogens with one attached hydrogen (secondary N) is 1. The Bertz CT molecular complexity index is 722. The zero-order valence-electron chi connectivity index (χ0n) is 13.9. The SMILES string of the molecule is Cc1cc(NC(=O)[C@H](OC(=O)C[C@H]2CCCO2)c2ccccc2)no1. The summed E-state index contributed by atoms with van der Waals surface area (Å²) in [5.74, 6) is -0.104. The molecule has 1 aliphatic heterocycles. The minimum Gasteiger partial charge on any atom is -0.447 e. The van der Waals surface area contributed by atoms with Crippen molar-refractivity contribution < 1.29 is 23.6 Å². The molecule has 0 spiro atoms. The lowest BCUT2D eigenvalue weighted by molar-refractivity contribution is -0.156. The van der Waals surface area contributed by atoms with Crippen LogP contribution >= 0.6 is 0 Å². The van der Waals surface area contributed by atoms with Gasteiger partial charge in [-0.2, -0.15) is 0 Å². The van der Waals surface area contributed by atoms with E-state index >= 15 is 0 Å². The van der Waals surface area contributed by atoms with E-state index < -0.39 is 18.0 Å². The Hall–Kier alpha value is -2.67. The fraction of sp³-hybridized carbons (Fsp3) is 0.389. The first-order valence-electron chi connectivity index (χ1n) is 8.22. The number of nitrogens with zero attached hydrogens (tertiary/aromatic N) is 1. The van der Waals surface area contributed by atoms with Gasteiger partial charge in [-0.25, -0.2) is 0 Å². The lowest BCUT2D eigenvalue weighted by Gasteiger charge is -2.18. The minimum atomic E-state index is -1.06. The molecule has 1 aromatic heterocycles. The largest absolute Gasteiger partial charge is 0.447 e. The average molecular weight is 344 g/mol. The van der Waals surface area contributed by atoms with Gasteiger partial charge in [0.1, 0.15) is 5.76 Å². The van der Waals surface area contributed by atoms with Crippen molar-refractivity contribution in [2.45, 2.75) is 38.4 Å². The number of amides is 1. The van der Waals surface area contributed by atoms with E-state index in [9.17, 15) is 9.59 Å². The summed E-state index contributed by atoms with van der Waals surface area (Å²) < 4.78 is 15.8. The lowest BCUT2D eigenvalue weighted by atomic mass is 10.1. The van der Waals surface area contributed by atoms with E-state index in [1.165, 1.54) is 0 Å². The van der Waals surface area contributed by atoms with Gasteiger partial charge in [-0.15, -0.1) is 0 Å². The van der Waals surface area contributed by atoms with Crippen molar-refractivity contribution >= 4 is 17.7 Å². The lowest BCUT2D eigenvalue weighted by Crippen LogP contribution is -2.27. The molecular weight excluding hydrogens is 324 g/mol. The fourth-order valence-electron chi connectivity index (χ4n) is 2.69. The van der Waals surface area contributed by atoms with E-state index in [0.717, 1.165) is 12.8 Å². The Balaban J connectivity index is 1.70. The molecule has 1 saturated heterocycles. The fourth-order valence-corrected chi connectivity index (χ4v) is 2.69. The molecule has 132 valence electrons. The summed E-state index contributed by atoms with van der Waals surface area (Å²) in [5, 5.41) is 6.33. The number of hydrogen-bond donors (Lipinski definition) is 1. The van der Waals surface area contributed by atoms with Gasteiger partial charge >= 0.3 is 5.97 Å². The van der Waals surface area contributed by atoms with E-state index in [-0.39, 0.29) is 18.3 Å². The predicted molar refractivity (Wildman–Crippen MR) is 88.7 cm³/mol. The third-order valence-electron chi connectivity index (χ3n) is 3.89. The van der Waals surface area contributed by atoms with Crippen molar-refractivity contribution in [1.82, 2.24) is 5.16 Å². The summed E-state index contributed by atoms with van der Waals surface area (Å²) in [7, 11) is 0. The molecule has 0 unspecified atom stereocenters. The number of carbonyl (C=O) groups is 2. The van der Waals surface area contributed by atoms with Crippen molar-refractivity contribution in [3.05, 3.63) is 47.7 Å². The van der Waals surface area contributed by atoms with Crippen molar-refractivity contribution in [3.63, 3.8) is 0 Å². The Morgan fingerprint density at radius 2 is 2.16 bits per heavy atom. The topological polar surface area (TPSA) is 90.7 Å². The molecule has 1 aromatic carbocycles. The van der Waals surface area contributed by atoms with E-state index in [2.05, 4.69) is 10.5 Å². The number of benzene rings is 1. The first-order chi connectivity index (χ1) is 12.1. The van der Waals surface area contributed by atoms with Crippen LogP contribution in [0.1, 0.15) is 36.7 Å². The Morgan fingerprint density at radius 3 is 2.80 bits per heavy atom. The van der Waals surface area contributed by atoms with Gasteiger partial charge in [0.2, 0.25) is 6.10 Å². The maximum atomic E-state index is 12.6. The summed E-state index contributed by atoms with van der Waals surface area (Å²) >= 11 is 0. The van der Waals surface area contributed by atoms with Crippen LogP contribution in [0.25, 0.3) is 0 Å². The van der Waals surface area contributed by atoms with Crippen LogP contribution in [0.2, 0.25) is 0 Å². The molecule has 1 amide bonds. The molecule has 7 nitrogen and oxygen atoms in total. The molecular formula is C18H20N2O5. The van der Waals surface area contributed by atoms with Crippen molar-refractivity contribution in [2.75, 3.05) is 11.9 Å². The second-order valence-corrected chi connectivity index (χ2v) is 5.93. The summed E-state index contributed by atoms with van der Waals surface area (Å²) in [6, 6.07) is 10.4. The van der Waals surface area contributed by atoms with Gasteiger partial charge in [0, 0.05) is 18.2 Å². The smallest absolute Gasteiger partial charge is 0.309 e. The second kappa shape index (κ2) is 7.94. The molecule has 0 bridgehead atoms. The summed E-state index contributed by atoms with van der Waals surface area (Å²) in [6.45, 7) is 2.38. The molecule has 25 heavy (non-hydrogen) atoms. The molecule has 0 radical (unpaired) electrons. The molecule has 1 N–H and O–H groups in total. The summed E-state index contributed by atoms with van der Waals surface area (Å²) in [6.07, 6.45) is 0.707. The van der Waals surface area contributed by atoms with Gasteiger partial charge in [0.15, 0.2) is 5.82 Å². The molecule has 2 heterocycles. The number of carbonyl (C=O) groups excluding carboxylic acids is 2. The standard InChI is InChI=1S/C18H20N2O5/c1-12-10-15(20-25-12)19-18(22)17(13-6-3-2-4-7-13)24-16(21)11-14-8-5-9-23-14/h2-4,6-7,10,14,17H,5,8-9,11H2,1H3,(H,19,20,22)/t14-,17-/m1/s1. The number of anilines is 1. The highest BCUT2D eigenvalue weighted by Gasteiger charge is 2.28. The van der Waals surface area contributed by atoms with Crippen molar-refractivity contribution in [3.8, 4) is 0 Å². The van der Waals surface area contributed by atoms with Crippen LogP contribution in [-0.4, -0.2) is 29.7 Å². The number of hydrogen-bond acceptors (Lipinski definition) is 6. The number of aromatic nitrogens is 1. The quantitative estimate of drug-likeness (QED) is 0.810. The van der Waals surface area contributed by atoms with Crippen LogP contribution in [0, 0.1) is 6.92 Å².